The quantitative estimate of drug-likeness (QED) is 0.900. The molecule has 2 unspecified atom stereocenters. The number of aryl methyl sites for hydroxylation is 1. The summed E-state index contributed by atoms with van der Waals surface area (Å²) >= 11 is 0. The molecule has 2 atom stereocenters. The zero-order chi connectivity index (χ0) is 14.0. The van der Waals surface area contributed by atoms with Crippen LogP contribution in [0.4, 0.5) is 10.1 Å². The second kappa shape index (κ2) is 5.91. The number of rotatable bonds is 3. The van der Waals surface area contributed by atoms with Gasteiger partial charge in [-0.1, -0.05) is 19.9 Å². The van der Waals surface area contributed by atoms with Crippen molar-refractivity contribution in [1.82, 2.24) is 5.32 Å². The Kier molecular flexibility index (Phi) is 4.46. The fourth-order valence-electron chi connectivity index (χ4n) is 2.78. The van der Waals surface area contributed by atoms with E-state index in [0.717, 1.165) is 25.2 Å². The van der Waals surface area contributed by atoms with Gasteiger partial charge in [0.25, 0.3) is 0 Å². The van der Waals surface area contributed by atoms with E-state index >= 15 is 0 Å². The predicted octanol–water partition coefficient (Wildman–Crippen LogP) is 3.35. The largest absolute Gasteiger partial charge is 0.366 e. The summed E-state index contributed by atoms with van der Waals surface area (Å²) < 4.78 is 13.7. The van der Waals surface area contributed by atoms with E-state index in [-0.39, 0.29) is 5.82 Å². The van der Waals surface area contributed by atoms with Crippen LogP contribution in [-0.4, -0.2) is 25.2 Å². The highest BCUT2D eigenvalue weighted by Gasteiger charge is 2.25. The Labute approximate surface area is 116 Å². The smallest absolute Gasteiger partial charge is 0.128 e. The summed E-state index contributed by atoms with van der Waals surface area (Å²) in [6, 6.07) is 6.48. The molecule has 0 bridgehead atoms. The Morgan fingerprint density at radius 3 is 2.79 bits per heavy atom. The Hall–Kier alpha value is -1.09. The first-order valence-corrected chi connectivity index (χ1v) is 7.23. The van der Waals surface area contributed by atoms with Gasteiger partial charge >= 0.3 is 0 Å². The molecule has 1 aromatic carbocycles. The molecule has 2 nitrogen and oxygen atoms in total. The minimum Gasteiger partial charge on any atom is -0.366 e. The van der Waals surface area contributed by atoms with Gasteiger partial charge in [0.05, 0.1) is 0 Å². The third-order valence-electron chi connectivity index (χ3n) is 3.89. The minimum absolute atomic E-state index is 0.108. The molecule has 106 valence electrons. The highest BCUT2D eigenvalue weighted by atomic mass is 19.1. The topological polar surface area (TPSA) is 15.3 Å². The molecule has 19 heavy (non-hydrogen) atoms. The monoisotopic (exact) mass is 264 g/mol. The van der Waals surface area contributed by atoms with Gasteiger partial charge in [-0.25, -0.2) is 4.39 Å². The van der Waals surface area contributed by atoms with Crippen molar-refractivity contribution in [2.75, 3.05) is 18.0 Å². The number of hydrogen-bond donors (Lipinski definition) is 1. The lowest BCUT2D eigenvalue weighted by Gasteiger charge is -2.41. The van der Waals surface area contributed by atoms with E-state index in [1.807, 2.05) is 19.1 Å². The summed E-state index contributed by atoms with van der Waals surface area (Å²) in [7, 11) is 0. The number of hydrogen-bond acceptors (Lipinski definition) is 2. The average molecular weight is 264 g/mol. The van der Waals surface area contributed by atoms with E-state index in [4.69, 9.17) is 0 Å². The van der Waals surface area contributed by atoms with Crippen LogP contribution in [0.25, 0.3) is 0 Å². The SMILES string of the molecule is Cc1ccc(N2CC(CC(C)C)NCC2C)cc1F. The number of nitrogens with one attached hydrogen (secondary N) is 1. The molecule has 1 saturated heterocycles. The van der Waals surface area contributed by atoms with Gasteiger partial charge in [0.15, 0.2) is 0 Å². The summed E-state index contributed by atoms with van der Waals surface area (Å²) in [5.41, 5.74) is 1.72. The Morgan fingerprint density at radius 2 is 2.16 bits per heavy atom. The fourth-order valence-corrected chi connectivity index (χ4v) is 2.78. The predicted molar refractivity (Wildman–Crippen MR) is 79.2 cm³/mol. The average Bonchev–Trinajstić information content (AvgIpc) is 2.34. The molecular weight excluding hydrogens is 239 g/mol. The van der Waals surface area contributed by atoms with Crippen molar-refractivity contribution in [1.29, 1.82) is 0 Å². The second-order valence-electron chi connectivity index (χ2n) is 6.17. The first-order valence-electron chi connectivity index (χ1n) is 7.23. The molecule has 1 aliphatic rings. The molecule has 0 aliphatic carbocycles. The first-order chi connectivity index (χ1) is 8.97. The number of benzene rings is 1. The molecule has 3 heteroatoms. The molecular formula is C16H25FN2. The summed E-state index contributed by atoms with van der Waals surface area (Å²) in [6.07, 6.45) is 1.16. The van der Waals surface area contributed by atoms with Crippen LogP contribution in [0.3, 0.4) is 0 Å². The van der Waals surface area contributed by atoms with Crippen molar-refractivity contribution < 1.29 is 4.39 Å². The van der Waals surface area contributed by atoms with Crippen molar-refractivity contribution >= 4 is 5.69 Å². The van der Waals surface area contributed by atoms with E-state index in [9.17, 15) is 4.39 Å². The molecule has 0 aromatic heterocycles. The third kappa shape index (κ3) is 3.47. The van der Waals surface area contributed by atoms with Crippen LogP contribution < -0.4 is 10.2 Å². The van der Waals surface area contributed by atoms with Crippen LogP contribution in [0.5, 0.6) is 0 Å². The number of piperazine rings is 1. The molecule has 1 heterocycles. The van der Waals surface area contributed by atoms with Crippen molar-refractivity contribution in [3.8, 4) is 0 Å². The molecule has 0 saturated carbocycles. The highest BCUT2D eigenvalue weighted by molar-refractivity contribution is 5.49. The van der Waals surface area contributed by atoms with Gasteiger partial charge in [-0.2, -0.15) is 0 Å². The zero-order valence-electron chi connectivity index (χ0n) is 12.4. The molecule has 0 amide bonds. The van der Waals surface area contributed by atoms with Crippen LogP contribution in [0.15, 0.2) is 18.2 Å². The molecule has 1 N–H and O–H groups in total. The van der Waals surface area contributed by atoms with E-state index < -0.39 is 0 Å². The van der Waals surface area contributed by atoms with E-state index in [0.29, 0.717) is 23.6 Å². The molecule has 2 rings (SSSR count). The zero-order valence-corrected chi connectivity index (χ0v) is 12.4. The molecule has 0 radical (unpaired) electrons. The van der Waals surface area contributed by atoms with Gasteiger partial charge in [-0.05, 0) is 43.9 Å². The highest BCUT2D eigenvalue weighted by Crippen LogP contribution is 2.23. The summed E-state index contributed by atoms with van der Waals surface area (Å²) in [4.78, 5) is 2.33. The van der Waals surface area contributed by atoms with Crippen LogP contribution >= 0.6 is 0 Å². The first kappa shape index (κ1) is 14.3. The van der Waals surface area contributed by atoms with Gasteiger partial charge in [0, 0.05) is 30.9 Å². The van der Waals surface area contributed by atoms with Gasteiger partial charge in [-0.15, -0.1) is 0 Å². The molecule has 1 aromatic rings. The van der Waals surface area contributed by atoms with Gasteiger partial charge < -0.3 is 10.2 Å². The van der Waals surface area contributed by atoms with Crippen molar-refractivity contribution in [3.05, 3.63) is 29.6 Å². The standard InChI is InChI=1S/C16H25FN2/c1-11(2)7-14-10-19(13(4)9-18-14)15-6-5-12(3)16(17)8-15/h5-6,8,11,13-14,18H,7,9-10H2,1-4H3. The number of nitrogens with zero attached hydrogens (tertiary/aromatic N) is 1. The van der Waals surface area contributed by atoms with Crippen LogP contribution in [0.2, 0.25) is 0 Å². The second-order valence-corrected chi connectivity index (χ2v) is 6.17. The summed E-state index contributed by atoms with van der Waals surface area (Å²) in [5, 5.41) is 3.59. The van der Waals surface area contributed by atoms with Crippen molar-refractivity contribution in [2.24, 2.45) is 5.92 Å². The van der Waals surface area contributed by atoms with E-state index in [1.165, 1.54) is 0 Å². The lowest BCUT2D eigenvalue weighted by Crippen LogP contribution is -2.56. The maximum atomic E-state index is 13.7. The number of anilines is 1. The minimum atomic E-state index is -0.108. The van der Waals surface area contributed by atoms with Crippen molar-refractivity contribution in [2.45, 2.75) is 46.2 Å². The molecule has 0 spiro atoms. The van der Waals surface area contributed by atoms with Gasteiger partial charge in [-0.3, -0.25) is 0 Å². The molecule has 1 fully saturated rings. The van der Waals surface area contributed by atoms with Crippen molar-refractivity contribution in [3.63, 3.8) is 0 Å². The fraction of sp³-hybridized carbons (Fsp3) is 0.625. The molecule has 1 aliphatic heterocycles. The normalized spacial score (nSPS) is 24.0. The summed E-state index contributed by atoms with van der Waals surface area (Å²) in [6.45, 7) is 10.4. The van der Waals surface area contributed by atoms with E-state index in [1.54, 1.807) is 6.07 Å². The summed E-state index contributed by atoms with van der Waals surface area (Å²) in [5.74, 6) is 0.575. The number of halogens is 1. The van der Waals surface area contributed by atoms with Gasteiger partial charge in [0.2, 0.25) is 0 Å². The van der Waals surface area contributed by atoms with Crippen LogP contribution in [0.1, 0.15) is 32.8 Å². The Bertz CT molecular complexity index is 431. The lowest BCUT2D eigenvalue weighted by atomic mass is 9.99. The van der Waals surface area contributed by atoms with Crippen LogP contribution in [-0.2, 0) is 0 Å². The van der Waals surface area contributed by atoms with E-state index in [2.05, 4.69) is 31.0 Å². The lowest BCUT2D eigenvalue weighted by molar-refractivity contribution is 0.355. The van der Waals surface area contributed by atoms with Gasteiger partial charge in [0.1, 0.15) is 5.82 Å². The maximum absolute atomic E-state index is 13.7. The third-order valence-corrected chi connectivity index (χ3v) is 3.89. The maximum Gasteiger partial charge on any atom is 0.128 e. The Balaban J connectivity index is 2.14. The Morgan fingerprint density at radius 1 is 1.42 bits per heavy atom. The van der Waals surface area contributed by atoms with Crippen LogP contribution in [0, 0.1) is 18.7 Å².